The van der Waals surface area contributed by atoms with Crippen molar-refractivity contribution in [1.82, 2.24) is 9.97 Å². The summed E-state index contributed by atoms with van der Waals surface area (Å²) >= 11 is 7.32. The number of anilines is 1. The molecule has 170 valence electrons. The number of imide groups is 1. The van der Waals surface area contributed by atoms with Crippen LogP contribution in [0.3, 0.4) is 0 Å². The highest BCUT2D eigenvalue weighted by Crippen LogP contribution is 2.62. The number of aliphatic hydroxyl groups is 1. The fourth-order valence-corrected chi connectivity index (χ4v) is 6.46. The Labute approximate surface area is 198 Å². The fraction of sp³-hybridized carbons (Fsp3) is 0.391. The number of aliphatic hydroxyl groups excluding tert-OH is 1. The zero-order valence-corrected chi connectivity index (χ0v) is 19.2. The van der Waals surface area contributed by atoms with Gasteiger partial charge in [-0.25, -0.2) is 14.9 Å². The van der Waals surface area contributed by atoms with Crippen LogP contribution in [0.5, 0.6) is 5.88 Å². The van der Waals surface area contributed by atoms with Gasteiger partial charge in [0.05, 0.1) is 56.6 Å². The van der Waals surface area contributed by atoms with Crippen molar-refractivity contribution in [2.75, 3.05) is 11.5 Å². The summed E-state index contributed by atoms with van der Waals surface area (Å²) in [4.78, 5) is 36.8. The van der Waals surface area contributed by atoms with Crippen molar-refractivity contribution < 1.29 is 24.2 Å². The van der Waals surface area contributed by atoms with E-state index in [1.807, 2.05) is 6.07 Å². The Kier molecular flexibility index (Phi) is 4.58. The molecule has 0 saturated carbocycles. The number of benzene rings is 1. The molecule has 5 atom stereocenters. The first-order chi connectivity index (χ1) is 15.8. The van der Waals surface area contributed by atoms with Gasteiger partial charge in [-0.1, -0.05) is 11.6 Å². The second-order valence-electron chi connectivity index (χ2n) is 8.96. The summed E-state index contributed by atoms with van der Waals surface area (Å²) in [6.45, 7) is 1.95. The van der Waals surface area contributed by atoms with Crippen LogP contribution in [0.1, 0.15) is 19.8 Å². The number of pyridine rings is 1. The molecule has 10 heteroatoms. The van der Waals surface area contributed by atoms with E-state index in [9.17, 15) is 14.7 Å². The third-order valence-electron chi connectivity index (χ3n) is 7.16. The summed E-state index contributed by atoms with van der Waals surface area (Å²) in [7, 11) is 0. The zero-order chi connectivity index (χ0) is 23.0. The maximum atomic E-state index is 13.7. The molecule has 0 unspecified atom stereocenters. The average molecular weight is 486 g/mol. The van der Waals surface area contributed by atoms with Crippen LogP contribution < -0.4 is 9.64 Å². The molecule has 3 aliphatic rings. The SMILES string of the molecule is C[C@@]12O[C@@](CCOc3ccc(Cl)cn3)(C[C@H]1O)[C@@H]1C(=O)N(c3ccc4ncsc4c3)C(=O)[C@H]12. The number of ether oxygens (including phenoxy) is 2. The highest BCUT2D eigenvalue weighted by atomic mass is 35.5. The lowest BCUT2D eigenvalue weighted by Crippen LogP contribution is -2.49. The number of hydrogen-bond acceptors (Lipinski definition) is 8. The molecule has 3 saturated heterocycles. The van der Waals surface area contributed by atoms with Gasteiger partial charge in [-0.2, -0.15) is 0 Å². The van der Waals surface area contributed by atoms with Crippen molar-refractivity contribution in [2.24, 2.45) is 11.8 Å². The van der Waals surface area contributed by atoms with Gasteiger partial charge in [0.15, 0.2) is 0 Å². The van der Waals surface area contributed by atoms with Crippen molar-refractivity contribution in [1.29, 1.82) is 0 Å². The van der Waals surface area contributed by atoms with E-state index in [2.05, 4.69) is 9.97 Å². The molecule has 0 radical (unpaired) electrons. The van der Waals surface area contributed by atoms with Gasteiger partial charge in [0, 0.05) is 25.1 Å². The zero-order valence-electron chi connectivity index (χ0n) is 17.6. The molecule has 5 heterocycles. The first-order valence-electron chi connectivity index (χ1n) is 10.7. The molecule has 1 aromatic carbocycles. The van der Waals surface area contributed by atoms with E-state index >= 15 is 0 Å². The van der Waals surface area contributed by atoms with Crippen molar-refractivity contribution in [3.05, 3.63) is 47.1 Å². The number of thiazole rings is 1. The van der Waals surface area contributed by atoms with E-state index in [-0.39, 0.29) is 24.8 Å². The van der Waals surface area contributed by atoms with Crippen molar-refractivity contribution in [3.63, 3.8) is 0 Å². The van der Waals surface area contributed by atoms with Crippen LogP contribution in [0.2, 0.25) is 5.02 Å². The minimum atomic E-state index is -1.13. The van der Waals surface area contributed by atoms with Crippen molar-refractivity contribution >= 4 is 50.7 Å². The topological polar surface area (TPSA) is 102 Å². The standard InChI is InChI=1S/C23H20ClN3O5S/c1-22-16(28)9-23(32-22,6-7-31-17-5-2-12(24)10-25-17)19-18(22)20(29)27(21(19)30)13-3-4-14-15(8-13)33-11-26-14/h2-5,8,10-11,16,18-19,28H,6-7,9H2,1H3/t16-,18+,19+,22-,23+/m1/s1. The number of aromatic nitrogens is 2. The number of hydrogen-bond donors (Lipinski definition) is 1. The monoisotopic (exact) mass is 485 g/mol. The highest BCUT2D eigenvalue weighted by Gasteiger charge is 2.77. The molecular weight excluding hydrogens is 466 g/mol. The van der Waals surface area contributed by atoms with Crippen molar-refractivity contribution in [3.8, 4) is 5.88 Å². The predicted molar refractivity (Wildman–Crippen MR) is 121 cm³/mol. The summed E-state index contributed by atoms with van der Waals surface area (Å²) in [5.41, 5.74) is 0.955. The molecule has 2 amide bonds. The van der Waals surface area contributed by atoms with Gasteiger partial charge >= 0.3 is 0 Å². The first-order valence-corrected chi connectivity index (χ1v) is 11.9. The van der Waals surface area contributed by atoms with E-state index in [0.29, 0.717) is 23.0 Å². The van der Waals surface area contributed by atoms with Gasteiger partial charge in [0.25, 0.3) is 0 Å². The Hall–Kier alpha value is -2.59. The van der Waals surface area contributed by atoms with Gasteiger partial charge < -0.3 is 14.6 Å². The van der Waals surface area contributed by atoms with E-state index in [1.54, 1.807) is 36.7 Å². The largest absolute Gasteiger partial charge is 0.478 e. The number of halogens is 1. The van der Waals surface area contributed by atoms with Crippen LogP contribution in [0.15, 0.2) is 42.0 Å². The third kappa shape index (κ3) is 2.96. The smallest absolute Gasteiger partial charge is 0.240 e. The van der Waals surface area contributed by atoms with E-state index in [1.165, 1.54) is 22.4 Å². The lowest BCUT2D eigenvalue weighted by Gasteiger charge is -2.33. The number of amides is 2. The summed E-state index contributed by atoms with van der Waals surface area (Å²) < 4.78 is 13.0. The molecule has 0 spiro atoms. The van der Waals surface area contributed by atoms with Crippen LogP contribution >= 0.6 is 22.9 Å². The number of carbonyl (C=O) groups is 2. The van der Waals surface area contributed by atoms with Gasteiger partial charge in [-0.15, -0.1) is 11.3 Å². The van der Waals surface area contributed by atoms with Crippen molar-refractivity contribution in [2.45, 2.75) is 37.1 Å². The Morgan fingerprint density at radius 1 is 1.24 bits per heavy atom. The Bertz CT molecular complexity index is 1280. The minimum absolute atomic E-state index is 0.217. The predicted octanol–water partition coefficient (Wildman–Crippen LogP) is 3.21. The lowest BCUT2D eigenvalue weighted by atomic mass is 9.66. The normalized spacial score (nSPS) is 32.7. The maximum Gasteiger partial charge on any atom is 0.240 e. The van der Waals surface area contributed by atoms with Crippen LogP contribution in [0.4, 0.5) is 5.69 Å². The number of rotatable bonds is 5. The molecule has 1 N–H and O–H groups in total. The van der Waals surface area contributed by atoms with Crippen LogP contribution in [-0.2, 0) is 14.3 Å². The van der Waals surface area contributed by atoms with E-state index in [4.69, 9.17) is 21.1 Å². The number of nitrogens with zero attached hydrogens (tertiary/aromatic N) is 3. The second kappa shape index (κ2) is 7.20. The Balaban J connectivity index is 1.30. The minimum Gasteiger partial charge on any atom is -0.478 e. The highest BCUT2D eigenvalue weighted by molar-refractivity contribution is 7.16. The second-order valence-corrected chi connectivity index (χ2v) is 10.3. The van der Waals surface area contributed by atoms with Gasteiger partial charge in [-0.05, 0) is 31.2 Å². The van der Waals surface area contributed by atoms with E-state index < -0.39 is 29.1 Å². The molecule has 8 nitrogen and oxygen atoms in total. The quantitative estimate of drug-likeness (QED) is 0.553. The number of carbonyl (C=O) groups excluding carboxylic acids is 2. The van der Waals surface area contributed by atoms with Crippen LogP contribution in [0.25, 0.3) is 10.2 Å². The summed E-state index contributed by atoms with van der Waals surface area (Å²) in [6, 6.07) is 8.70. The summed E-state index contributed by atoms with van der Waals surface area (Å²) in [5, 5.41) is 11.3. The Morgan fingerprint density at radius 2 is 2.06 bits per heavy atom. The molecule has 33 heavy (non-hydrogen) atoms. The van der Waals surface area contributed by atoms with Gasteiger partial charge in [0.1, 0.15) is 5.60 Å². The van der Waals surface area contributed by atoms with Crippen LogP contribution in [0, 0.1) is 11.8 Å². The molecule has 3 fully saturated rings. The molecule has 2 bridgehead atoms. The lowest BCUT2D eigenvalue weighted by molar-refractivity contribution is -0.134. The molecule has 3 aromatic rings. The molecular formula is C23H20ClN3O5S. The van der Waals surface area contributed by atoms with Gasteiger partial charge in [-0.3, -0.25) is 9.59 Å². The molecule has 0 aliphatic carbocycles. The van der Waals surface area contributed by atoms with E-state index in [0.717, 1.165) is 10.2 Å². The number of fused-ring (bicyclic) bond motifs is 6. The third-order valence-corrected chi connectivity index (χ3v) is 8.18. The molecule has 2 aromatic heterocycles. The molecule has 6 rings (SSSR count). The first kappa shape index (κ1) is 21.0. The molecule has 3 aliphatic heterocycles. The fourth-order valence-electron chi connectivity index (χ4n) is 5.64. The summed E-state index contributed by atoms with van der Waals surface area (Å²) in [6.07, 6.45) is 1.24. The summed E-state index contributed by atoms with van der Waals surface area (Å²) in [5.74, 6) is -1.66. The van der Waals surface area contributed by atoms with Gasteiger partial charge in [0.2, 0.25) is 17.7 Å². The average Bonchev–Trinajstić information content (AvgIpc) is 3.48. The Morgan fingerprint density at radius 3 is 2.85 bits per heavy atom. The van der Waals surface area contributed by atoms with Crippen LogP contribution in [-0.4, -0.2) is 50.8 Å². The maximum absolute atomic E-state index is 13.7.